The molecule has 0 radical (unpaired) electrons. The molecule has 0 saturated carbocycles. The van der Waals surface area contributed by atoms with Crippen molar-refractivity contribution in [1.29, 1.82) is 0 Å². The lowest BCUT2D eigenvalue weighted by Crippen LogP contribution is -2.30. The monoisotopic (exact) mass is 212 g/mol. The van der Waals surface area contributed by atoms with Gasteiger partial charge in [-0.15, -0.1) is 11.8 Å². The Morgan fingerprint density at radius 3 is 2.71 bits per heavy atom. The van der Waals surface area contributed by atoms with E-state index in [1.807, 2.05) is 6.26 Å². The fraction of sp³-hybridized carbons (Fsp3) is 0.444. The molecule has 0 spiro atoms. The zero-order valence-electron chi connectivity index (χ0n) is 8.31. The fourth-order valence-corrected chi connectivity index (χ4v) is 1.23. The molecule has 0 bridgehead atoms. The maximum Gasteiger partial charge on any atom is 0.316 e. The summed E-state index contributed by atoms with van der Waals surface area (Å²) in [6.07, 6.45) is 3.47. The summed E-state index contributed by atoms with van der Waals surface area (Å²) in [4.78, 5) is 19.1. The second-order valence-electron chi connectivity index (χ2n) is 3.35. The molecule has 0 aromatic carbocycles. The molecule has 0 unspecified atom stereocenters. The third-order valence-corrected chi connectivity index (χ3v) is 2.58. The molecule has 0 amide bonds. The number of carboxylic acids is 1. The van der Waals surface area contributed by atoms with E-state index < -0.39 is 11.4 Å². The predicted octanol–water partition coefficient (Wildman–Crippen LogP) is 1.56. The minimum atomic E-state index is -1.04. The topological polar surface area (TPSA) is 63.1 Å². The van der Waals surface area contributed by atoms with Crippen LogP contribution >= 0.6 is 11.8 Å². The normalized spacial score (nSPS) is 11.4. The molecule has 1 rings (SSSR count). The molecule has 0 atom stereocenters. The van der Waals surface area contributed by atoms with Crippen LogP contribution in [-0.2, 0) is 10.2 Å². The third-order valence-electron chi connectivity index (χ3n) is 1.93. The van der Waals surface area contributed by atoms with E-state index in [1.54, 1.807) is 26.1 Å². The summed E-state index contributed by atoms with van der Waals surface area (Å²) in [5.74, 6) is -0.576. The first-order valence-corrected chi connectivity index (χ1v) is 5.32. The van der Waals surface area contributed by atoms with Crippen LogP contribution in [0.15, 0.2) is 17.3 Å². The molecule has 4 nitrogen and oxygen atoms in total. The van der Waals surface area contributed by atoms with Gasteiger partial charge in [0.1, 0.15) is 11.2 Å². The number of aliphatic carboxylic acids is 1. The maximum absolute atomic E-state index is 10.9. The highest BCUT2D eigenvalue weighted by atomic mass is 32.2. The molecule has 14 heavy (non-hydrogen) atoms. The van der Waals surface area contributed by atoms with Crippen LogP contribution < -0.4 is 0 Å². The average Bonchev–Trinajstić information content (AvgIpc) is 2.17. The van der Waals surface area contributed by atoms with Gasteiger partial charge in [0.25, 0.3) is 0 Å². The summed E-state index contributed by atoms with van der Waals surface area (Å²) in [7, 11) is 0. The maximum atomic E-state index is 10.9. The highest BCUT2D eigenvalue weighted by Gasteiger charge is 2.32. The molecule has 0 fully saturated rings. The SMILES string of the molecule is CSc1ccnc(C(C)(C)C(=O)O)n1. The van der Waals surface area contributed by atoms with Crippen molar-refractivity contribution in [2.75, 3.05) is 6.26 Å². The second kappa shape index (κ2) is 3.96. The summed E-state index contributed by atoms with van der Waals surface area (Å²) >= 11 is 1.47. The van der Waals surface area contributed by atoms with Crippen LogP contribution in [-0.4, -0.2) is 27.3 Å². The van der Waals surface area contributed by atoms with Crippen LogP contribution in [0, 0.1) is 0 Å². The lowest BCUT2D eigenvalue weighted by Gasteiger charge is -2.17. The van der Waals surface area contributed by atoms with Crippen molar-refractivity contribution in [1.82, 2.24) is 9.97 Å². The first-order chi connectivity index (χ1) is 6.48. The van der Waals surface area contributed by atoms with Crippen molar-refractivity contribution in [3.63, 3.8) is 0 Å². The Morgan fingerprint density at radius 1 is 1.57 bits per heavy atom. The van der Waals surface area contributed by atoms with Crippen LogP contribution in [0.3, 0.4) is 0 Å². The van der Waals surface area contributed by atoms with E-state index in [1.165, 1.54) is 11.8 Å². The Hall–Kier alpha value is -1.10. The molecule has 0 aliphatic rings. The van der Waals surface area contributed by atoms with Gasteiger partial charge in [-0.25, -0.2) is 9.97 Å². The van der Waals surface area contributed by atoms with E-state index in [4.69, 9.17) is 5.11 Å². The van der Waals surface area contributed by atoms with Gasteiger partial charge in [0, 0.05) is 6.20 Å². The van der Waals surface area contributed by atoms with Gasteiger partial charge in [0.2, 0.25) is 0 Å². The Labute approximate surface area is 86.8 Å². The van der Waals surface area contributed by atoms with E-state index in [0.29, 0.717) is 5.82 Å². The number of rotatable bonds is 3. The van der Waals surface area contributed by atoms with Gasteiger partial charge in [0.05, 0.1) is 5.03 Å². The Morgan fingerprint density at radius 2 is 2.21 bits per heavy atom. The Balaban J connectivity index is 3.12. The van der Waals surface area contributed by atoms with Crippen LogP contribution in [0.2, 0.25) is 0 Å². The third kappa shape index (κ3) is 2.04. The fourth-order valence-electron chi connectivity index (χ4n) is 0.853. The summed E-state index contributed by atoms with van der Waals surface area (Å²) in [6.45, 7) is 3.18. The molecule has 1 aromatic rings. The van der Waals surface area contributed by atoms with Crippen LogP contribution in [0.5, 0.6) is 0 Å². The lowest BCUT2D eigenvalue weighted by atomic mass is 9.93. The molecule has 0 aliphatic heterocycles. The molecular formula is C9H12N2O2S. The van der Waals surface area contributed by atoms with Gasteiger partial charge in [-0.3, -0.25) is 4.79 Å². The van der Waals surface area contributed by atoms with Crippen molar-refractivity contribution in [3.05, 3.63) is 18.1 Å². The Bertz CT molecular complexity index is 352. The number of carboxylic acid groups (broad SMARTS) is 1. The van der Waals surface area contributed by atoms with E-state index in [9.17, 15) is 4.79 Å². The zero-order chi connectivity index (χ0) is 10.8. The molecular weight excluding hydrogens is 200 g/mol. The van der Waals surface area contributed by atoms with Crippen LogP contribution in [0.4, 0.5) is 0 Å². The molecule has 1 heterocycles. The van der Waals surface area contributed by atoms with Crippen molar-refractivity contribution in [3.8, 4) is 0 Å². The van der Waals surface area contributed by atoms with Gasteiger partial charge < -0.3 is 5.11 Å². The minimum Gasteiger partial charge on any atom is -0.481 e. The highest BCUT2D eigenvalue weighted by molar-refractivity contribution is 7.98. The highest BCUT2D eigenvalue weighted by Crippen LogP contribution is 2.21. The van der Waals surface area contributed by atoms with Gasteiger partial charge in [0.15, 0.2) is 0 Å². The largest absolute Gasteiger partial charge is 0.481 e. The van der Waals surface area contributed by atoms with Crippen molar-refractivity contribution in [2.24, 2.45) is 0 Å². The average molecular weight is 212 g/mol. The second-order valence-corrected chi connectivity index (χ2v) is 4.18. The minimum absolute atomic E-state index is 0.344. The van der Waals surface area contributed by atoms with Crippen molar-refractivity contribution >= 4 is 17.7 Å². The van der Waals surface area contributed by atoms with Crippen LogP contribution in [0.1, 0.15) is 19.7 Å². The molecule has 0 saturated heterocycles. The van der Waals surface area contributed by atoms with E-state index in [-0.39, 0.29) is 0 Å². The standard InChI is InChI=1S/C9H12N2O2S/c1-9(2,8(12)13)7-10-5-4-6(11-7)14-3/h4-5H,1-3H3,(H,12,13). The van der Waals surface area contributed by atoms with Crippen molar-refractivity contribution < 1.29 is 9.90 Å². The van der Waals surface area contributed by atoms with E-state index in [0.717, 1.165) is 5.03 Å². The summed E-state index contributed by atoms with van der Waals surface area (Å²) in [6, 6.07) is 1.76. The molecule has 1 aromatic heterocycles. The summed E-state index contributed by atoms with van der Waals surface area (Å²) in [5.41, 5.74) is -1.04. The number of hydrogen-bond acceptors (Lipinski definition) is 4. The van der Waals surface area contributed by atoms with Gasteiger partial charge in [-0.05, 0) is 26.2 Å². The zero-order valence-corrected chi connectivity index (χ0v) is 9.13. The molecule has 0 aliphatic carbocycles. The first kappa shape index (κ1) is 11.0. The van der Waals surface area contributed by atoms with Gasteiger partial charge >= 0.3 is 5.97 Å². The molecule has 76 valence electrons. The van der Waals surface area contributed by atoms with Crippen LogP contribution in [0.25, 0.3) is 0 Å². The number of carbonyl (C=O) groups is 1. The summed E-state index contributed by atoms with van der Waals surface area (Å²) < 4.78 is 0. The quantitative estimate of drug-likeness (QED) is 0.608. The smallest absolute Gasteiger partial charge is 0.316 e. The lowest BCUT2D eigenvalue weighted by molar-refractivity contribution is -0.142. The number of aromatic nitrogens is 2. The van der Waals surface area contributed by atoms with E-state index in [2.05, 4.69) is 9.97 Å². The summed E-state index contributed by atoms with van der Waals surface area (Å²) in [5, 5.41) is 9.75. The Kier molecular flexibility index (Phi) is 3.10. The molecule has 1 N–H and O–H groups in total. The van der Waals surface area contributed by atoms with E-state index >= 15 is 0 Å². The predicted molar refractivity (Wildman–Crippen MR) is 54.5 cm³/mol. The van der Waals surface area contributed by atoms with Crippen molar-refractivity contribution in [2.45, 2.75) is 24.3 Å². The first-order valence-electron chi connectivity index (χ1n) is 4.09. The molecule has 5 heteroatoms. The van der Waals surface area contributed by atoms with Gasteiger partial charge in [-0.1, -0.05) is 0 Å². The number of nitrogens with zero attached hydrogens (tertiary/aromatic N) is 2. The number of hydrogen-bond donors (Lipinski definition) is 1. The van der Waals surface area contributed by atoms with Gasteiger partial charge in [-0.2, -0.15) is 0 Å². The number of thioether (sulfide) groups is 1.